The summed E-state index contributed by atoms with van der Waals surface area (Å²) >= 11 is 5.37. The lowest BCUT2D eigenvalue weighted by Gasteiger charge is -2.15. The van der Waals surface area contributed by atoms with E-state index in [1.54, 1.807) is 14.2 Å². The van der Waals surface area contributed by atoms with Crippen molar-refractivity contribution in [3.05, 3.63) is 48.0 Å². The van der Waals surface area contributed by atoms with E-state index in [9.17, 15) is 0 Å². The Labute approximate surface area is 154 Å². The third-order valence-corrected chi connectivity index (χ3v) is 3.85. The van der Waals surface area contributed by atoms with Crippen molar-refractivity contribution in [1.29, 1.82) is 0 Å². The summed E-state index contributed by atoms with van der Waals surface area (Å²) in [6.07, 6.45) is 0.813. The maximum absolute atomic E-state index is 5.64. The van der Waals surface area contributed by atoms with Crippen molar-refractivity contribution in [2.24, 2.45) is 0 Å². The van der Waals surface area contributed by atoms with Crippen molar-refractivity contribution in [3.63, 3.8) is 0 Å². The van der Waals surface area contributed by atoms with Gasteiger partial charge in [0.05, 0.1) is 26.5 Å². The van der Waals surface area contributed by atoms with Gasteiger partial charge >= 0.3 is 0 Å². The Bertz CT molecular complexity index is 707. The summed E-state index contributed by atoms with van der Waals surface area (Å²) in [4.78, 5) is 0. The predicted octanol–water partition coefficient (Wildman–Crippen LogP) is 3.63. The van der Waals surface area contributed by atoms with E-state index < -0.39 is 0 Å². The molecule has 2 N–H and O–H groups in total. The van der Waals surface area contributed by atoms with Gasteiger partial charge in [0.2, 0.25) is 0 Å². The van der Waals surface area contributed by atoms with Gasteiger partial charge in [0.15, 0.2) is 5.11 Å². The zero-order chi connectivity index (χ0) is 18.1. The molecule has 0 atom stereocenters. The van der Waals surface area contributed by atoms with E-state index >= 15 is 0 Å². The molecule has 0 spiro atoms. The Morgan fingerprint density at radius 3 is 2.56 bits per heavy atom. The predicted molar refractivity (Wildman–Crippen MR) is 105 cm³/mol. The molecule has 0 aromatic heterocycles. The van der Waals surface area contributed by atoms with Crippen LogP contribution in [0.2, 0.25) is 0 Å². The number of rotatable bonds is 8. The lowest BCUT2D eigenvalue weighted by molar-refractivity contribution is 0.336. The monoisotopic (exact) mass is 360 g/mol. The van der Waals surface area contributed by atoms with Crippen molar-refractivity contribution in [1.82, 2.24) is 5.32 Å². The summed E-state index contributed by atoms with van der Waals surface area (Å²) in [7, 11) is 3.24. The second-order valence-electron chi connectivity index (χ2n) is 5.24. The highest BCUT2D eigenvalue weighted by molar-refractivity contribution is 7.80. The highest BCUT2D eigenvalue weighted by Crippen LogP contribution is 2.28. The van der Waals surface area contributed by atoms with Crippen LogP contribution < -0.4 is 24.8 Å². The minimum Gasteiger partial charge on any atom is -0.497 e. The molecule has 0 fully saturated rings. The fourth-order valence-corrected chi connectivity index (χ4v) is 2.61. The summed E-state index contributed by atoms with van der Waals surface area (Å²) in [5, 5.41) is 6.88. The first-order chi connectivity index (χ1) is 12.2. The lowest BCUT2D eigenvalue weighted by Crippen LogP contribution is -2.30. The van der Waals surface area contributed by atoms with Gasteiger partial charge in [0.1, 0.15) is 17.2 Å². The average Bonchev–Trinajstić information content (AvgIpc) is 2.63. The van der Waals surface area contributed by atoms with Crippen molar-refractivity contribution < 1.29 is 14.2 Å². The summed E-state index contributed by atoms with van der Waals surface area (Å²) in [6, 6.07) is 13.5. The van der Waals surface area contributed by atoms with E-state index in [1.807, 2.05) is 43.3 Å². The number of anilines is 1. The van der Waals surface area contributed by atoms with E-state index in [4.69, 9.17) is 26.4 Å². The van der Waals surface area contributed by atoms with E-state index in [-0.39, 0.29) is 0 Å². The molecule has 0 aliphatic heterocycles. The Balaban J connectivity index is 1.91. The summed E-state index contributed by atoms with van der Waals surface area (Å²) < 4.78 is 16.2. The number of thiocarbonyl (C=S) groups is 1. The molecule has 0 aliphatic carbocycles. The fraction of sp³-hybridized carbons (Fsp3) is 0.316. The summed E-state index contributed by atoms with van der Waals surface area (Å²) in [6.45, 7) is 3.33. The Kier molecular flexibility index (Phi) is 7.35. The molecule has 0 saturated carbocycles. The Morgan fingerprint density at radius 2 is 1.84 bits per heavy atom. The smallest absolute Gasteiger partial charge is 0.170 e. The standard InChI is InChI=1S/C19H24N2O3S/c1-4-24-17-8-6-5-7-14(17)11-12-20-19(25)21-16-13-15(22-2)9-10-18(16)23-3/h5-10,13H,4,11-12H2,1-3H3,(H2,20,21,25). The van der Waals surface area contributed by atoms with E-state index in [0.717, 1.165) is 29.2 Å². The third kappa shape index (κ3) is 5.53. The maximum atomic E-state index is 5.64. The van der Waals surface area contributed by atoms with Gasteiger partial charge in [-0.25, -0.2) is 0 Å². The number of benzene rings is 2. The molecule has 0 unspecified atom stereocenters. The third-order valence-electron chi connectivity index (χ3n) is 3.61. The molecule has 0 saturated heterocycles. The van der Waals surface area contributed by atoms with Crippen LogP contribution in [0, 0.1) is 0 Å². The first kappa shape index (κ1) is 18.9. The van der Waals surface area contributed by atoms with Crippen molar-refractivity contribution in [3.8, 4) is 17.2 Å². The second kappa shape index (κ2) is 9.74. The van der Waals surface area contributed by atoms with Crippen molar-refractivity contribution in [2.45, 2.75) is 13.3 Å². The maximum Gasteiger partial charge on any atom is 0.170 e. The molecule has 0 aliphatic rings. The van der Waals surface area contributed by atoms with Crippen LogP contribution in [-0.4, -0.2) is 32.5 Å². The normalized spacial score (nSPS) is 10.0. The fourth-order valence-electron chi connectivity index (χ4n) is 2.40. The van der Waals surface area contributed by atoms with Gasteiger partial charge in [-0.2, -0.15) is 0 Å². The van der Waals surface area contributed by atoms with Crippen molar-refractivity contribution >= 4 is 23.0 Å². The zero-order valence-electron chi connectivity index (χ0n) is 14.8. The number of para-hydroxylation sites is 1. The number of methoxy groups -OCH3 is 2. The summed E-state index contributed by atoms with van der Waals surface area (Å²) in [5.41, 5.74) is 1.91. The second-order valence-corrected chi connectivity index (χ2v) is 5.65. The highest BCUT2D eigenvalue weighted by Gasteiger charge is 2.07. The van der Waals surface area contributed by atoms with Crippen LogP contribution in [0.5, 0.6) is 17.2 Å². The van der Waals surface area contributed by atoms with Crippen LogP contribution in [0.25, 0.3) is 0 Å². The molecule has 2 aromatic carbocycles. The molecule has 0 amide bonds. The van der Waals surface area contributed by atoms with Gasteiger partial charge in [-0.05, 0) is 49.3 Å². The lowest BCUT2D eigenvalue weighted by atomic mass is 10.1. The molecule has 134 valence electrons. The minimum absolute atomic E-state index is 0.528. The molecule has 2 aromatic rings. The first-order valence-corrected chi connectivity index (χ1v) is 8.56. The van der Waals surface area contributed by atoms with Crippen LogP contribution in [0.1, 0.15) is 12.5 Å². The highest BCUT2D eigenvalue weighted by atomic mass is 32.1. The largest absolute Gasteiger partial charge is 0.497 e. The molecule has 5 nitrogen and oxygen atoms in total. The van der Waals surface area contributed by atoms with E-state index in [0.29, 0.717) is 24.0 Å². The molecule has 25 heavy (non-hydrogen) atoms. The van der Waals surface area contributed by atoms with Gasteiger partial charge < -0.3 is 24.8 Å². The van der Waals surface area contributed by atoms with Gasteiger partial charge in [-0.15, -0.1) is 0 Å². The van der Waals surface area contributed by atoms with Gasteiger partial charge in [-0.1, -0.05) is 18.2 Å². The number of hydrogen-bond donors (Lipinski definition) is 2. The van der Waals surface area contributed by atoms with Gasteiger partial charge in [0.25, 0.3) is 0 Å². The van der Waals surface area contributed by atoms with E-state index in [1.165, 1.54) is 0 Å². The van der Waals surface area contributed by atoms with Crippen molar-refractivity contribution in [2.75, 3.05) is 32.7 Å². The Hall–Kier alpha value is -2.47. The average molecular weight is 360 g/mol. The SMILES string of the molecule is CCOc1ccccc1CCNC(=S)Nc1cc(OC)ccc1OC. The van der Waals surface area contributed by atoms with Crippen LogP contribution in [0.15, 0.2) is 42.5 Å². The van der Waals surface area contributed by atoms with E-state index in [2.05, 4.69) is 16.7 Å². The molecular formula is C19H24N2O3S. The number of ether oxygens (including phenoxy) is 3. The van der Waals surface area contributed by atoms with Crippen LogP contribution in [0.4, 0.5) is 5.69 Å². The Morgan fingerprint density at radius 1 is 1.04 bits per heavy atom. The van der Waals surface area contributed by atoms with Gasteiger partial charge in [-0.3, -0.25) is 0 Å². The quantitative estimate of drug-likeness (QED) is 0.701. The topological polar surface area (TPSA) is 51.8 Å². The van der Waals surface area contributed by atoms with Crippen LogP contribution in [0.3, 0.4) is 0 Å². The molecular weight excluding hydrogens is 336 g/mol. The minimum atomic E-state index is 0.528. The molecule has 0 radical (unpaired) electrons. The number of hydrogen-bond acceptors (Lipinski definition) is 4. The first-order valence-electron chi connectivity index (χ1n) is 8.15. The molecule has 0 heterocycles. The van der Waals surface area contributed by atoms with Crippen LogP contribution >= 0.6 is 12.2 Å². The molecule has 2 rings (SSSR count). The van der Waals surface area contributed by atoms with Gasteiger partial charge in [0, 0.05) is 12.6 Å². The summed E-state index contributed by atoms with van der Waals surface area (Å²) in [5.74, 6) is 2.35. The molecule has 6 heteroatoms. The number of nitrogens with one attached hydrogen (secondary N) is 2. The zero-order valence-corrected chi connectivity index (χ0v) is 15.6. The molecule has 0 bridgehead atoms. The van der Waals surface area contributed by atoms with Crippen LogP contribution in [-0.2, 0) is 6.42 Å².